The van der Waals surface area contributed by atoms with E-state index in [9.17, 15) is 4.79 Å². The molecule has 2 amide bonds. The van der Waals surface area contributed by atoms with E-state index in [1.165, 1.54) is 5.56 Å². The molecule has 1 fully saturated rings. The largest absolute Gasteiger partial charge is 0.334 e. The zero-order chi connectivity index (χ0) is 17.8. The summed E-state index contributed by atoms with van der Waals surface area (Å²) < 4.78 is 1.73. The monoisotopic (exact) mass is 341 g/mol. The number of likely N-dealkylation sites (tertiary alicyclic amines) is 1. The molecule has 3 rings (SSSR count). The summed E-state index contributed by atoms with van der Waals surface area (Å²) in [6.45, 7) is 7.01. The molecule has 0 spiro atoms. The van der Waals surface area contributed by atoms with Crippen LogP contribution in [0, 0.1) is 5.92 Å². The van der Waals surface area contributed by atoms with Gasteiger partial charge < -0.3 is 10.6 Å². The average molecular weight is 341 g/mol. The molecular formula is C19H27N5O. The number of carbonyl (C=O) groups excluding carboxylic acids is 1. The summed E-state index contributed by atoms with van der Waals surface area (Å²) >= 11 is 0. The van der Waals surface area contributed by atoms with Crippen molar-refractivity contribution < 1.29 is 4.79 Å². The molecule has 1 aromatic carbocycles. The van der Waals surface area contributed by atoms with Crippen LogP contribution in [0.25, 0.3) is 0 Å². The quantitative estimate of drug-likeness (QED) is 0.879. The summed E-state index contributed by atoms with van der Waals surface area (Å²) in [5.41, 5.74) is 3.00. The molecule has 2 N–H and O–H groups in total. The molecule has 6 heteroatoms. The van der Waals surface area contributed by atoms with Crippen LogP contribution < -0.4 is 10.6 Å². The van der Waals surface area contributed by atoms with Gasteiger partial charge in [-0.1, -0.05) is 44.2 Å². The molecule has 0 unspecified atom stereocenters. The highest BCUT2D eigenvalue weighted by Gasteiger charge is 2.30. The second-order valence-electron chi connectivity index (χ2n) is 6.88. The Kier molecular flexibility index (Phi) is 5.38. The summed E-state index contributed by atoms with van der Waals surface area (Å²) in [4.78, 5) is 14.8. The molecule has 0 bridgehead atoms. The Morgan fingerprint density at radius 2 is 2.04 bits per heavy atom. The number of aromatic nitrogens is 2. The molecule has 0 saturated carbocycles. The standard InChI is InChI=1S/C19H27N5O/c1-4-16-18(12-23(3)22-16)21-19(25)20-17-13-24(10-14(17)2)11-15-8-6-5-7-9-15/h5-9,12,14,17H,4,10-11,13H2,1-3H3,(H2,20,21,25)/t14-,17-/m0/s1. The minimum atomic E-state index is -0.152. The summed E-state index contributed by atoms with van der Waals surface area (Å²) in [7, 11) is 1.86. The van der Waals surface area contributed by atoms with Crippen LogP contribution in [0.5, 0.6) is 0 Å². The van der Waals surface area contributed by atoms with Gasteiger partial charge in [0.15, 0.2) is 0 Å². The number of rotatable bonds is 5. The maximum absolute atomic E-state index is 12.4. The molecular weight excluding hydrogens is 314 g/mol. The highest BCUT2D eigenvalue weighted by molar-refractivity contribution is 5.90. The van der Waals surface area contributed by atoms with Gasteiger partial charge in [0.2, 0.25) is 0 Å². The van der Waals surface area contributed by atoms with Gasteiger partial charge >= 0.3 is 6.03 Å². The number of urea groups is 1. The van der Waals surface area contributed by atoms with Crippen molar-refractivity contribution in [1.29, 1.82) is 0 Å². The number of anilines is 1. The van der Waals surface area contributed by atoms with E-state index in [1.54, 1.807) is 4.68 Å². The first kappa shape index (κ1) is 17.5. The second-order valence-corrected chi connectivity index (χ2v) is 6.88. The van der Waals surface area contributed by atoms with Gasteiger partial charge in [-0.2, -0.15) is 5.10 Å². The Labute approximate surface area is 149 Å². The Morgan fingerprint density at radius 3 is 2.76 bits per heavy atom. The predicted molar refractivity (Wildman–Crippen MR) is 99.4 cm³/mol. The summed E-state index contributed by atoms with van der Waals surface area (Å²) in [5.74, 6) is 0.425. The van der Waals surface area contributed by atoms with Gasteiger partial charge in [0.1, 0.15) is 0 Å². The van der Waals surface area contributed by atoms with Crippen LogP contribution in [0.2, 0.25) is 0 Å². The van der Waals surface area contributed by atoms with Crippen LogP contribution in [0.3, 0.4) is 0 Å². The van der Waals surface area contributed by atoms with Crippen molar-refractivity contribution in [2.75, 3.05) is 18.4 Å². The molecule has 1 aliphatic rings. The van der Waals surface area contributed by atoms with Crippen molar-refractivity contribution in [2.45, 2.75) is 32.9 Å². The van der Waals surface area contributed by atoms with E-state index in [1.807, 2.05) is 26.2 Å². The smallest absolute Gasteiger partial charge is 0.319 e. The third-order valence-electron chi connectivity index (χ3n) is 4.74. The van der Waals surface area contributed by atoms with Crippen LogP contribution in [0.15, 0.2) is 36.5 Å². The number of aryl methyl sites for hydroxylation is 2. The zero-order valence-electron chi connectivity index (χ0n) is 15.2. The molecule has 2 heterocycles. The topological polar surface area (TPSA) is 62.2 Å². The number of carbonyl (C=O) groups is 1. The van der Waals surface area contributed by atoms with Crippen LogP contribution in [0.4, 0.5) is 10.5 Å². The van der Waals surface area contributed by atoms with Gasteiger partial charge in [0, 0.05) is 38.9 Å². The number of benzene rings is 1. The van der Waals surface area contributed by atoms with Gasteiger partial charge in [0.05, 0.1) is 11.4 Å². The molecule has 134 valence electrons. The Balaban J connectivity index is 1.54. The van der Waals surface area contributed by atoms with E-state index in [0.29, 0.717) is 5.92 Å². The Hall–Kier alpha value is -2.34. The lowest BCUT2D eigenvalue weighted by molar-refractivity contribution is 0.246. The SMILES string of the molecule is CCc1nn(C)cc1NC(=O)N[C@H]1CN(Cc2ccccc2)C[C@@H]1C. The predicted octanol–water partition coefficient (Wildman–Crippen LogP) is 2.62. The van der Waals surface area contributed by atoms with Crippen molar-refractivity contribution in [2.24, 2.45) is 13.0 Å². The molecule has 0 radical (unpaired) electrons. The van der Waals surface area contributed by atoms with Crippen molar-refractivity contribution in [3.05, 3.63) is 47.8 Å². The van der Waals surface area contributed by atoms with E-state index >= 15 is 0 Å². The van der Waals surface area contributed by atoms with Crippen molar-refractivity contribution in [1.82, 2.24) is 20.0 Å². The first-order valence-corrected chi connectivity index (χ1v) is 8.91. The van der Waals surface area contributed by atoms with Gasteiger partial charge in [-0.3, -0.25) is 9.58 Å². The fourth-order valence-electron chi connectivity index (χ4n) is 3.45. The number of hydrogen-bond donors (Lipinski definition) is 2. The number of amides is 2. The van der Waals surface area contributed by atoms with Gasteiger partial charge in [-0.05, 0) is 17.9 Å². The van der Waals surface area contributed by atoms with Crippen molar-refractivity contribution >= 4 is 11.7 Å². The van der Waals surface area contributed by atoms with Crippen LogP contribution in [-0.2, 0) is 20.0 Å². The number of nitrogens with zero attached hydrogens (tertiary/aromatic N) is 3. The number of hydrogen-bond acceptors (Lipinski definition) is 3. The van der Waals surface area contributed by atoms with Gasteiger partial charge in [-0.25, -0.2) is 4.79 Å². The third-order valence-corrected chi connectivity index (χ3v) is 4.74. The Bertz CT molecular complexity index is 712. The molecule has 0 aliphatic carbocycles. The van der Waals surface area contributed by atoms with E-state index in [2.05, 4.69) is 51.8 Å². The molecule has 1 aromatic heterocycles. The molecule has 6 nitrogen and oxygen atoms in total. The highest BCUT2D eigenvalue weighted by atomic mass is 16.2. The molecule has 25 heavy (non-hydrogen) atoms. The number of nitrogens with one attached hydrogen (secondary N) is 2. The molecule has 2 aromatic rings. The molecule has 1 aliphatic heterocycles. The average Bonchev–Trinajstić information content (AvgIpc) is 3.10. The van der Waals surface area contributed by atoms with Gasteiger partial charge in [-0.15, -0.1) is 0 Å². The van der Waals surface area contributed by atoms with E-state index in [0.717, 1.165) is 37.4 Å². The lowest BCUT2D eigenvalue weighted by atomic mass is 10.1. The first-order chi connectivity index (χ1) is 12.0. The lowest BCUT2D eigenvalue weighted by Crippen LogP contribution is -2.42. The summed E-state index contributed by atoms with van der Waals surface area (Å²) in [5, 5.41) is 10.4. The molecule has 1 saturated heterocycles. The van der Waals surface area contributed by atoms with E-state index in [4.69, 9.17) is 0 Å². The molecule has 2 atom stereocenters. The normalized spacial score (nSPS) is 20.6. The maximum Gasteiger partial charge on any atom is 0.319 e. The lowest BCUT2D eigenvalue weighted by Gasteiger charge is -2.17. The summed E-state index contributed by atoms with van der Waals surface area (Å²) in [6, 6.07) is 10.5. The third kappa shape index (κ3) is 4.39. The Morgan fingerprint density at radius 1 is 1.28 bits per heavy atom. The van der Waals surface area contributed by atoms with E-state index < -0.39 is 0 Å². The fourth-order valence-corrected chi connectivity index (χ4v) is 3.45. The van der Waals surface area contributed by atoms with Gasteiger partial charge in [0.25, 0.3) is 0 Å². The second kappa shape index (κ2) is 7.70. The maximum atomic E-state index is 12.4. The van der Waals surface area contributed by atoms with Crippen molar-refractivity contribution in [3.8, 4) is 0 Å². The zero-order valence-corrected chi connectivity index (χ0v) is 15.2. The summed E-state index contributed by atoms with van der Waals surface area (Å²) in [6.07, 6.45) is 2.64. The van der Waals surface area contributed by atoms with Crippen molar-refractivity contribution in [3.63, 3.8) is 0 Å². The first-order valence-electron chi connectivity index (χ1n) is 8.91. The minimum Gasteiger partial charge on any atom is -0.334 e. The van der Waals surface area contributed by atoms with E-state index in [-0.39, 0.29) is 12.1 Å². The van der Waals surface area contributed by atoms with Crippen LogP contribution in [0.1, 0.15) is 25.1 Å². The highest BCUT2D eigenvalue weighted by Crippen LogP contribution is 2.19. The van der Waals surface area contributed by atoms with Crippen LogP contribution in [-0.4, -0.2) is 39.8 Å². The fraction of sp³-hybridized carbons (Fsp3) is 0.474. The van der Waals surface area contributed by atoms with Crippen LogP contribution >= 0.6 is 0 Å². The minimum absolute atomic E-state index is 0.152.